The van der Waals surface area contributed by atoms with Crippen LogP contribution in [0.5, 0.6) is 5.75 Å². The molecule has 1 aromatic carbocycles. The summed E-state index contributed by atoms with van der Waals surface area (Å²) in [6.07, 6.45) is 0.177. The fraction of sp³-hybridized carbons (Fsp3) is 0.364. The van der Waals surface area contributed by atoms with Crippen LogP contribution in [0.25, 0.3) is 0 Å². The van der Waals surface area contributed by atoms with Crippen LogP contribution in [0, 0.1) is 0 Å². The summed E-state index contributed by atoms with van der Waals surface area (Å²) in [5.41, 5.74) is 6.01. The van der Waals surface area contributed by atoms with E-state index in [1.807, 2.05) is 0 Å². The van der Waals surface area contributed by atoms with Gasteiger partial charge in [0.25, 0.3) is 0 Å². The van der Waals surface area contributed by atoms with E-state index in [2.05, 4.69) is 4.72 Å². The highest BCUT2D eigenvalue weighted by molar-refractivity contribution is 7.92. The molecular formula is C11H16N2O5S. The molecule has 1 aromatic rings. The van der Waals surface area contributed by atoms with Gasteiger partial charge in [0.05, 0.1) is 11.9 Å². The van der Waals surface area contributed by atoms with Crippen molar-refractivity contribution in [3.8, 4) is 5.75 Å². The number of benzene rings is 1. The van der Waals surface area contributed by atoms with E-state index in [4.69, 9.17) is 15.6 Å². The molecule has 0 spiro atoms. The molecule has 0 aliphatic heterocycles. The van der Waals surface area contributed by atoms with E-state index in [9.17, 15) is 13.2 Å². The summed E-state index contributed by atoms with van der Waals surface area (Å²) in [5, 5.41) is 8.92. The minimum atomic E-state index is -3.51. The Balaban J connectivity index is 3.09. The number of carbonyl (C=O) groups is 1. The third kappa shape index (κ3) is 4.66. The number of sulfonamides is 1. The van der Waals surface area contributed by atoms with Gasteiger partial charge >= 0.3 is 5.97 Å². The van der Waals surface area contributed by atoms with E-state index in [0.29, 0.717) is 5.69 Å². The first kappa shape index (κ1) is 15.1. The first-order chi connectivity index (χ1) is 8.73. The number of hydrogen-bond acceptors (Lipinski definition) is 5. The van der Waals surface area contributed by atoms with Crippen molar-refractivity contribution in [3.05, 3.63) is 18.2 Å². The van der Waals surface area contributed by atoms with E-state index in [-0.39, 0.29) is 17.9 Å². The number of hydrogen-bond donors (Lipinski definition) is 3. The van der Waals surface area contributed by atoms with Gasteiger partial charge in [-0.2, -0.15) is 0 Å². The molecule has 7 nitrogen and oxygen atoms in total. The molecule has 0 aliphatic rings. The number of nitrogen functional groups attached to an aromatic ring is 1. The van der Waals surface area contributed by atoms with Gasteiger partial charge in [0.2, 0.25) is 10.0 Å². The van der Waals surface area contributed by atoms with Crippen LogP contribution in [0.4, 0.5) is 11.4 Å². The summed E-state index contributed by atoms with van der Waals surface area (Å²) in [4.78, 5) is 10.9. The molecule has 106 valence electrons. The Kier molecular flexibility index (Phi) is 4.60. The number of aliphatic carboxylic acids is 1. The maximum absolute atomic E-state index is 11.2. The second-order valence-electron chi connectivity index (χ2n) is 3.98. The summed E-state index contributed by atoms with van der Waals surface area (Å²) in [5.74, 6) is -1.00. The van der Waals surface area contributed by atoms with Crippen molar-refractivity contribution in [2.24, 2.45) is 0 Å². The van der Waals surface area contributed by atoms with Crippen LogP contribution in [0.1, 0.15) is 13.3 Å². The molecule has 0 amide bonds. The van der Waals surface area contributed by atoms with Crippen molar-refractivity contribution in [2.75, 3.05) is 16.7 Å². The first-order valence-corrected chi connectivity index (χ1v) is 7.39. The lowest BCUT2D eigenvalue weighted by atomic mass is 10.2. The van der Waals surface area contributed by atoms with Crippen LogP contribution in [0.15, 0.2) is 18.2 Å². The normalized spacial score (nSPS) is 12.7. The predicted octanol–water partition coefficient (Wildman–Crippen LogP) is 0.882. The van der Waals surface area contributed by atoms with E-state index in [1.165, 1.54) is 18.2 Å². The summed E-state index contributed by atoms with van der Waals surface area (Å²) < 4.78 is 30.0. The highest BCUT2D eigenvalue weighted by atomic mass is 32.2. The zero-order valence-corrected chi connectivity index (χ0v) is 11.4. The van der Waals surface area contributed by atoms with Gasteiger partial charge in [-0.1, -0.05) is 6.92 Å². The topological polar surface area (TPSA) is 119 Å². The van der Waals surface area contributed by atoms with Gasteiger partial charge in [0, 0.05) is 5.69 Å². The first-order valence-electron chi connectivity index (χ1n) is 5.49. The molecule has 4 N–H and O–H groups in total. The van der Waals surface area contributed by atoms with Crippen molar-refractivity contribution >= 4 is 27.4 Å². The van der Waals surface area contributed by atoms with Crippen LogP contribution < -0.4 is 15.2 Å². The molecule has 0 radical (unpaired) electrons. The summed E-state index contributed by atoms with van der Waals surface area (Å²) in [6.45, 7) is 1.65. The molecule has 1 rings (SSSR count). The monoisotopic (exact) mass is 288 g/mol. The standard InChI is InChI=1S/C11H16N2O5S/c1-3-9(11(14)15)18-10-5-4-7(12)6-8(10)13-19(2,16)17/h4-6,9,13H,3,12H2,1-2H3,(H,14,15). The van der Waals surface area contributed by atoms with Gasteiger partial charge in [0.15, 0.2) is 6.10 Å². The number of anilines is 2. The third-order valence-corrected chi connectivity index (χ3v) is 2.81. The highest BCUT2D eigenvalue weighted by Gasteiger charge is 2.19. The molecule has 0 bridgehead atoms. The Morgan fingerprint density at radius 1 is 1.53 bits per heavy atom. The molecule has 19 heavy (non-hydrogen) atoms. The van der Waals surface area contributed by atoms with Crippen molar-refractivity contribution in [1.82, 2.24) is 0 Å². The van der Waals surface area contributed by atoms with Crippen LogP contribution in [0.2, 0.25) is 0 Å². The highest BCUT2D eigenvalue weighted by Crippen LogP contribution is 2.29. The molecule has 0 fully saturated rings. The van der Waals surface area contributed by atoms with E-state index in [1.54, 1.807) is 6.92 Å². The van der Waals surface area contributed by atoms with Gasteiger partial charge in [-0.3, -0.25) is 4.72 Å². The van der Waals surface area contributed by atoms with Gasteiger partial charge in [-0.25, -0.2) is 13.2 Å². The molecule has 0 saturated carbocycles. The van der Waals surface area contributed by atoms with E-state index < -0.39 is 22.1 Å². The van der Waals surface area contributed by atoms with Crippen molar-refractivity contribution in [3.63, 3.8) is 0 Å². The quantitative estimate of drug-likeness (QED) is 0.669. The number of rotatable bonds is 6. The second kappa shape index (κ2) is 5.79. The van der Waals surface area contributed by atoms with Gasteiger partial charge in [-0.05, 0) is 24.6 Å². The summed E-state index contributed by atoms with van der Waals surface area (Å²) in [6, 6.07) is 4.29. The lowest BCUT2D eigenvalue weighted by molar-refractivity contribution is -0.145. The fourth-order valence-corrected chi connectivity index (χ4v) is 1.95. The Morgan fingerprint density at radius 3 is 2.63 bits per heavy atom. The van der Waals surface area contributed by atoms with Crippen LogP contribution in [-0.4, -0.2) is 31.9 Å². The number of carboxylic acid groups (broad SMARTS) is 1. The Morgan fingerprint density at radius 2 is 2.16 bits per heavy atom. The van der Waals surface area contributed by atoms with Crippen LogP contribution >= 0.6 is 0 Å². The largest absolute Gasteiger partial charge is 0.479 e. The third-order valence-electron chi connectivity index (χ3n) is 2.21. The van der Waals surface area contributed by atoms with Crippen molar-refractivity contribution in [2.45, 2.75) is 19.4 Å². The molecule has 0 heterocycles. The van der Waals surface area contributed by atoms with E-state index in [0.717, 1.165) is 6.26 Å². The van der Waals surface area contributed by atoms with Crippen molar-refractivity contribution in [1.29, 1.82) is 0 Å². The Hall–Kier alpha value is -1.96. The molecule has 0 aromatic heterocycles. The summed E-state index contributed by atoms with van der Waals surface area (Å²) >= 11 is 0. The average molecular weight is 288 g/mol. The molecular weight excluding hydrogens is 272 g/mol. The Labute approximate surface area is 111 Å². The maximum Gasteiger partial charge on any atom is 0.344 e. The van der Waals surface area contributed by atoms with Crippen LogP contribution in [0.3, 0.4) is 0 Å². The SMILES string of the molecule is CCC(Oc1ccc(N)cc1NS(C)(=O)=O)C(=O)O. The lowest BCUT2D eigenvalue weighted by Gasteiger charge is -2.17. The van der Waals surface area contributed by atoms with Gasteiger partial charge < -0.3 is 15.6 Å². The zero-order chi connectivity index (χ0) is 14.6. The number of nitrogens with two attached hydrogens (primary N) is 1. The van der Waals surface area contributed by atoms with Crippen molar-refractivity contribution < 1.29 is 23.1 Å². The van der Waals surface area contributed by atoms with E-state index >= 15 is 0 Å². The van der Waals surface area contributed by atoms with Crippen LogP contribution in [-0.2, 0) is 14.8 Å². The molecule has 0 aliphatic carbocycles. The number of ether oxygens (including phenoxy) is 1. The molecule has 0 saturated heterocycles. The molecule has 1 atom stereocenters. The Bertz CT molecular complexity index is 570. The zero-order valence-electron chi connectivity index (χ0n) is 10.6. The number of carboxylic acids is 1. The minimum Gasteiger partial charge on any atom is -0.479 e. The predicted molar refractivity (Wildman–Crippen MR) is 71.7 cm³/mol. The maximum atomic E-state index is 11.2. The van der Waals surface area contributed by atoms with Gasteiger partial charge in [0.1, 0.15) is 5.75 Å². The smallest absolute Gasteiger partial charge is 0.344 e. The minimum absolute atomic E-state index is 0.113. The summed E-state index contributed by atoms with van der Waals surface area (Å²) in [7, 11) is -3.51. The number of nitrogens with one attached hydrogen (secondary N) is 1. The second-order valence-corrected chi connectivity index (χ2v) is 5.73. The molecule has 1 unspecified atom stereocenters. The fourth-order valence-electron chi connectivity index (χ4n) is 1.39. The lowest BCUT2D eigenvalue weighted by Crippen LogP contribution is -2.26. The van der Waals surface area contributed by atoms with Gasteiger partial charge in [-0.15, -0.1) is 0 Å². The average Bonchev–Trinajstić information content (AvgIpc) is 2.25. The molecule has 8 heteroatoms.